The molecule has 2 rings (SSSR count). The minimum Gasteiger partial charge on any atom is -0.497 e. The predicted octanol–water partition coefficient (Wildman–Crippen LogP) is 4.39. The fourth-order valence-electron chi connectivity index (χ4n) is 2.39. The Morgan fingerprint density at radius 2 is 1.73 bits per heavy atom. The van der Waals surface area contributed by atoms with E-state index in [9.17, 15) is 5.26 Å². The summed E-state index contributed by atoms with van der Waals surface area (Å²) in [6.07, 6.45) is 0.673. The molecule has 0 spiro atoms. The Morgan fingerprint density at radius 1 is 1.05 bits per heavy atom. The minimum absolute atomic E-state index is 0.141. The van der Waals surface area contributed by atoms with Gasteiger partial charge in [-0.25, -0.2) is 0 Å². The number of hydrogen-bond acceptors (Lipinski definition) is 3. The van der Waals surface area contributed by atoms with Crippen molar-refractivity contribution in [2.45, 2.75) is 26.2 Å². The van der Waals surface area contributed by atoms with Crippen LogP contribution < -0.4 is 9.47 Å². The van der Waals surface area contributed by atoms with Crippen molar-refractivity contribution in [3.63, 3.8) is 0 Å². The molecule has 2 aromatic rings. The van der Waals surface area contributed by atoms with Gasteiger partial charge in [0, 0.05) is 6.42 Å². The van der Waals surface area contributed by atoms with Crippen LogP contribution in [0.5, 0.6) is 11.5 Å². The topological polar surface area (TPSA) is 42.2 Å². The van der Waals surface area contributed by atoms with E-state index < -0.39 is 0 Å². The maximum atomic E-state index is 9.44. The van der Waals surface area contributed by atoms with Gasteiger partial charge in [0.25, 0.3) is 0 Å². The molecule has 0 aliphatic rings. The van der Waals surface area contributed by atoms with Crippen molar-refractivity contribution in [3.05, 3.63) is 59.2 Å². The van der Waals surface area contributed by atoms with Crippen LogP contribution in [0.1, 0.15) is 29.0 Å². The highest BCUT2D eigenvalue weighted by Gasteiger charge is 2.13. The van der Waals surface area contributed by atoms with E-state index in [1.54, 1.807) is 7.11 Å². The second-order valence-corrected chi connectivity index (χ2v) is 5.35. The number of nitriles is 1. The molecule has 0 amide bonds. The monoisotopic (exact) mass is 295 g/mol. The molecule has 0 heterocycles. The summed E-state index contributed by atoms with van der Waals surface area (Å²) in [5, 5.41) is 9.44. The molecule has 3 nitrogen and oxygen atoms in total. The molecule has 0 bridgehead atoms. The quantitative estimate of drug-likeness (QED) is 0.793. The Morgan fingerprint density at radius 3 is 2.36 bits per heavy atom. The van der Waals surface area contributed by atoms with Crippen LogP contribution in [0.4, 0.5) is 0 Å². The van der Waals surface area contributed by atoms with Crippen molar-refractivity contribution in [2.24, 2.45) is 0 Å². The van der Waals surface area contributed by atoms with Gasteiger partial charge in [-0.3, -0.25) is 0 Å². The molecule has 3 heteroatoms. The number of nitrogens with zero attached hydrogens (tertiary/aromatic N) is 1. The smallest absolute Gasteiger partial charge is 0.119 e. The standard InChI is InChI=1S/C19H21NO2/c1-14-4-5-15(2)19(12-14)16(13-20)10-11-22-18-8-6-17(21-3)7-9-18/h4-9,12,16H,10-11H2,1-3H3. The van der Waals surface area contributed by atoms with Gasteiger partial charge in [-0.15, -0.1) is 0 Å². The minimum atomic E-state index is -0.141. The fourth-order valence-corrected chi connectivity index (χ4v) is 2.39. The molecule has 0 fully saturated rings. The second kappa shape index (κ2) is 7.51. The van der Waals surface area contributed by atoms with Crippen molar-refractivity contribution >= 4 is 0 Å². The first kappa shape index (κ1) is 15.9. The molecule has 22 heavy (non-hydrogen) atoms. The lowest BCUT2D eigenvalue weighted by atomic mass is 9.92. The van der Waals surface area contributed by atoms with Gasteiger partial charge >= 0.3 is 0 Å². The number of rotatable bonds is 6. The van der Waals surface area contributed by atoms with Gasteiger partial charge in [0.1, 0.15) is 11.5 Å². The third-order valence-corrected chi connectivity index (χ3v) is 3.70. The van der Waals surface area contributed by atoms with Crippen molar-refractivity contribution in [3.8, 4) is 17.6 Å². The Balaban J connectivity index is 1.96. The fraction of sp³-hybridized carbons (Fsp3) is 0.316. The third kappa shape index (κ3) is 4.02. The van der Waals surface area contributed by atoms with E-state index in [0.717, 1.165) is 22.6 Å². The van der Waals surface area contributed by atoms with Gasteiger partial charge in [-0.2, -0.15) is 5.26 Å². The molecule has 1 atom stereocenters. The maximum absolute atomic E-state index is 9.44. The summed E-state index contributed by atoms with van der Waals surface area (Å²) in [5.74, 6) is 1.45. The van der Waals surface area contributed by atoms with E-state index in [0.29, 0.717) is 13.0 Å². The number of aryl methyl sites for hydroxylation is 2. The molecule has 0 N–H and O–H groups in total. The highest BCUT2D eigenvalue weighted by molar-refractivity contribution is 5.36. The summed E-state index contributed by atoms with van der Waals surface area (Å²) in [5.41, 5.74) is 3.43. The first-order valence-electron chi connectivity index (χ1n) is 7.37. The summed E-state index contributed by atoms with van der Waals surface area (Å²) in [4.78, 5) is 0. The first-order chi connectivity index (χ1) is 10.6. The normalized spacial score (nSPS) is 11.5. The van der Waals surface area contributed by atoms with Crippen LogP contribution in [-0.4, -0.2) is 13.7 Å². The van der Waals surface area contributed by atoms with E-state index in [1.807, 2.05) is 38.1 Å². The van der Waals surface area contributed by atoms with E-state index >= 15 is 0 Å². The van der Waals surface area contributed by atoms with Gasteiger partial charge in [0.2, 0.25) is 0 Å². The van der Waals surface area contributed by atoms with Crippen molar-refractivity contribution in [1.82, 2.24) is 0 Å². The summed E-state index contributed by atoms with van der Waals surface area (Å²) in [6, 6.07) is 16.1. The first-order valence-corrected chi connectivity index (χ1v) is 7.37. The average molecular weight is 295 g/mol. The molecule has 114 valence electrons. The zero-order valence-electron chi connectivity index (χ0n) is 13.3. The van der Waals surface area contributed by atoms with Gasteiger partial charge in [-0.1, -0.05) is 23.8 Å². The predicted molar refractivity (Wildman–Crippen MR) is 87.4 cm³/mol. The molecular formula is C19H21NO2. The van der Waals surface area contributed by atoms with Crippen LogP contribution in [0.15, 0.2) is 42.5 Å². The summed E-state index contributed by atoms with van der Waals surface area (Å²) < 4.78 is 10.8. The average Bonchev–Trinajstić information content (AvgIpc) is 2.55. The van der Waals surface area contributed by atoms with E-state index in [2.05, 4.69) is 24.3 Å². The molecule has 0 aromatic heterocycles. The highest BCUT2D eigenvalue weighted by Crippen LogP contribution is 2.24. The van der Waals surface area contributed by atoms with Crippen LogP contribution in [0.2, 0.25) is 0 Å². The third-order valence-electron chi connectivity index (χ3n) is 3.70. The van der Waals surface area contributed by atoms with Crippen molar-refractivity contribution in [2.75, 3.05) is 13.7 Å². The summed E-state index contributed by atoms with van der Waals surface area (Å²) >= 11 is 0. The number of methoxy groups -OCH3 is 1. The lowest BCUT2D eigenvalue weighted by Crippen LogP contribution is -2.06. The molecule has 0 aliphatic carbocycles. The second-order valence-electron chi connectivity index (χ2n) is 5.35. The van der Waals surface area contributed by atoms with Gasteiger partial charge in [0.05, 0.1) is 25.7 Å². The Bertz CT molecular complexity index is 656. The molecule has 0 saturated carbocycles. The lowest BCUT2D eigenvalue weighted by molar-refractivity contribution is 0.305. The van der Waals surface area contributed by atoms with E-state index in [-0.39, 0.29) is 5.92 Å². The van der Waals surface area contributed by atoms with Gasteiger partial charge in [0.15, 0.2) is 0 Å². The highest BCUT2D eigenvalue weighted by atomic mass is 16.5. The number of ether oxygens (including phenoxy) is 2. The number of benzene rings is 2. The SMILES string of the molecule is COc1ccc(OCCC(C#N)c2cc(C)ccc2C)cc1. The molecular weight excluding hydrogens is 274 g/mol. The van der Waals surface area contributed by atoms with E-state index in [1.165, 1.54) is 5.56 Å². The van der Waals surface area contributed by atoms with Gasteiger partial charge < -0.3 is 9.47 Å². The van der Waals surface area contributed by atoms with Crippen LogP contribution >= 0.6 is 0 Å². The zero-order valence-corrected chi connectivity index (χ0v) is 13.3. The largest absolute Gasteiger partial charge is 0.497 e. The maximum Gasteiger partial charge on any atom is 0.119 e. The Hall–Kier alpha value is -2.47. The summed E-state index contributed by atoms with van der Waals surface area (Å²) in [6.45, 7) is 4.60. The van der Waals surface area contributed by atoms with Gasteiger partial charge in [-0.05, 0) is 49.2 Å². The zero-order chi connectivity index (χ0) is 15.9. The van der Waals surface area contributed by atoms with Crippen LogP contribution in [0.25, 0.3) is 0 Å². The van der Waals surface area contributed by atoms with Crippen molar-refractivity contribution < 1.29 is 9.47 Å². The Kier molecular flexibility index (Phi) is 5.43. The summed E-state index contributed by atoms with van der Waals surface area (Å²) in [7, 11) is 1.64. The molecule has 1 unspecified atom stereocenters. The van der Waals surface area contributed by atoms with E-state index in [4.69, 9.17) is 9.47 Å². The molecule has 0 aliphatic heterocycles. The van der Waals surface area contributed by atoms with Crippen LogP contribution in [0.3, 0.4) is 0 Å². The molecule has 0 saturated heterocycles. The lowest BCUT2D eigenvalue weighted by Gasteiger charge is -2.14. The molecule has 0 radical (unpaired) electrons. The van der Waals surface area contributed by atoms with Crippen molar-refractivity contribution in [1.29, 1.82) is 5.26 Å². The molecule has 2 aromatic carbocycles. The van der Waals surface area contributed by atoms with Crippen LogP contribution in [-0.2, 0) is 0 Å². The Labute approximate surface area is 132 Å². The number of hydrogen-bond donors (Lipinski definition) is 0. The van der Waals surface area contributed by atoms with Crippen LogP contribution in [0, 0.1) is 25.2 Å².